The van der Waals surface area contributed by atoms with Crippen molar-refractivity contribution in [1.29, 1.82) is 0 Å². The highest BCUT2D eigenvalue weighted by Crippen LogP contribution is 2.27. The molecule has 0 saturated carbocycles. The van der Waals surface area contributed by atoms with E-state index in [0.717, 1.165) is 51.4 Å². The number of ether oxygens (including phenoxy) is 1. The van der Waals surface area contributed by atoms with Gasteiger partial charge < -0.3 is 4.74 Å². The summed E-state index contributed by atoms with van der Waals surface area (Å²) in [5, 5.41) is 0. The Kier molecular flexibility index (Phi) is 16.0. The molecule has 0 aromatic rings. The quantitative estimate of drug-likeness (QED) is 0.222. The van der Waals surface area contributed by atoms with Gasteiger partial charge in [0.25, 0.3) is 0 Å². The van der Waals surface area contributed by atoms with Crippen LogP contribution < -0.4 is 0 Å². The average molecular weight is 355 g/mol. The molecule has 0 radical (unpaired) electrons. The Morgan fingerprint density at radius 1 is 0.680 bits per heavy atom. The highest BCUT2D eigenvalue weighted by Gasteiger charge is 2.32. The van der Waals surface area contributed by atoms with Crippen molar-refractivity contribution in [2.75, 3.05) is 6.61 Å². The van der Waals surface area contributed by atoms with Crippen LogP contribution in [0.25, 0.3) is 0 Å². The van der Waals surface area contributed by atoms with Crippen LogP contribution in [0.5, 0.6) is 0 Å². The third-order valence-electron chi connectivity index (χ3n) is 4.92. The van der Waals surface area contributed by atoms with Gasteiger partial charge >= 0.3 is 5.97 Å². The van der Waals surface area contributed by atoms with Crippen molar-refractivity contribution in [3.8, 4) is 0 Å². The maximum absolute atomic E-state index is 12.6. The zero-order chi connectivity index (χ0) is 18.9. The summed E-state index contributed by atoms with van der Waals surface area (Å²) in [6, 6.07) is 0. The standard InChI is InChI=1S/C22H42O3/c1-5-9-11-12-13-14-18-25-22(24)20(16-8-4)19(15-7-3)21(23)17-10-6-2/h19-20H,5-18H2,1-4H3. The van der Waals surface area contributed by atoms with Crippen molar-refractivity contribution in [3.05, 3.63) is 0 Å². The maximum atomic E-state index is 12.6. The van der Waals surface area contributed by atoms with Gasteiger partial charge in [0.1, 0.15) is 5.78 Å². The molecule has 25 heavy (non-hydrogen) atoms. The van der Waals surface area contributed by atoms with E-state index < -0.39 is 0 Å². The molecule has 0 heterocycles. The fourth-order valence-electron chi connectivity index (χ4n) is 3.39. The summed E-state index contributed by atoms with van der Waals surface area (Å²) in [6.45, 7) is 8.98. The van der Waals surface area contributed by atoms with Gasteiger partial charge in [-0.2, -0.15) is 0 Å². The van der Waals surface area contributed by atoms with Gasteiger partial charge in [0.2, 0.25) is 0 Å². The molecule has 0 aliphatic rings. The number of unbranched alkanes of at least 4 members (excludes halogenated alkanes) is 6. The molecule has 148 valence electrons. The molecule has 2 unspecified atom stereocenters. The van der Waals surface area contributed by atoms with Crippen LogP contribution in [0, 0.1) is 11.8 Å². The summed E-state index contributed by atoms with van der Waals surface area (Å²) in [4.78, 5) is 25.2. The average Bonchev–Trinajstić information content (AvgIpc) is 2.61. The molecule has 0 N–H and O–H groups in total. The molecule has 0 bridgehead atoms. The van der Waals surface area contributed by atoms with Gasteiger partial charge in [0.05, 0.1) is 12.5 Å². The number of hydrogen-bond acceptors (Lipinski definition) is 3. The lowest BCUT2D eigenvalue weighted by Gasteiger charge is -2.24. The summed E-state index contributed by atoms with van der Waals surface area (Å²) in [6.07, 6.45) is 13.1. The van der Waals surface area contributed by atoms with Gasteiger partial charge in [0, 0.05) is 12.3 Å². The van der Waals surface area contributed by atoms with E-state index in [0.29, 0.717) is 13.0 Å². The fraction of sp³-hybridized carbons (Fsp3) is 0.909. The van der Waals surface area contributed by atoms with Crippen LogP contribution in [0.4, 0.5) is 0 Å². The number of hydrogen-bond donors (Lipinski definition) is 0. The molecule has 3 heteroatoms. The third kappa shape index (κ3) is 11.4. The Hall–Kier alpha value is -0.860. The molecule has 0 aliphatic heterocycles. The molecule has 0 saturated heterocycles. The normalized spacial score (nSPS) is 13.4. The minimum atomic E-state index is -0.241. The molecule has 0 amide bonds. The summed E-state index contributed by atoms with van der Waals surface area (Å²) >= 11 is 0. The van der Waals surface area contributed by atoms with E-state index in [1.54, 1.807) is 0 Å². The lowest BCUT2D eigenvalue weighted by Crippen LogP contribution is -2.31. The van der Waals surface area contributed by atoms with Crippen LogP contribution in [0.15, 0.2) is 0 Å². The monoisotopic (exact) mass is 354 g/mol. The second-order valence-corrected chi connectivity index (χ2v) is 7.30. The van der Waals surface area contributed by atoms with E-state index in [9.17, 15) is 9.59 Å². The highest BCUT2D eigenvalue weighted by molar-refractivity contribution is 5.86. The van der Waals surface area contributed by atoms with Crippen LogP contribution in [-0.4, -0.2) is 18.4 Å². The molecule has 3 nitrogen and oxygen atoms in total. The molecule has 0 aromatic carbocycles. The second kappa shape index (κ2) is 16.6. The smallest absolute Gasteiger partial charge is 0.309 e. The van der Waals surface area contributed by atoms with Crippen molar-refractivity contribution < 1.29 is 14.3 Å². The first kappa shape index (κ1) is 24.1. The van der Waals surface area contributed by atoms with Crippen molar-refractivity contribution >= 4 is 11.8 Å². The lowest BCUT2D eigenvalue weighted by molar-refractivity contribution is -0.153. The van der Waals surface area contributed by atoms with E-state index in [2.05, 4.69) is 27.7 Å². The summed E-state index contributed by atoms with van der Waals surface area (Å²) in [5.74, 6) is -0.264. The molecule has 0 spiro atoms. The van der Waals surface area contributed by atoms with Crippen LogP contribution >= 0.6 is 0 Å². The minimum absolute atomic E-state index is 0.140. The van der Waals surface area contributed by atoms with Gasteiger partial charge in [-0.15, -0.1) is 0 Å². The zero-order valence-electron chi connectivity index (χ0n) is 17.3. The van der Waals surface area contributed by atoms with E-state index in [1.807, 2.05) is 0 Å². The van der Waals surface area contributed by atoms with Gasteiger partial charge in [-0.25, -0.2) is 0 Å². The van der Waals surface area contributed by atoms with Crippen LogP contribution in [-0.2, 0) is 14.3 Å². The zero-order valence-corrected chi connectivity index (χ0v) is 17.3. The minimum Gasteiger partial charge on any atom is -0.465 e. The summed E-state index contributed by atoms with van der Waals surface area (Å²) < 4.78 is 5.55. The Bertz CT molecular complexity index is 338. The highest BCUT2D eigenvalue weighted by atomic mass is 16.5. The van der Waals surface area contributed by atoms with Gasteiger partial charge in [0.15, 0.2) is 0 Å². The molecule has 2 atom stereocenters. The Morgan fingerprint density at radius 3 is 1.84 bits per heavy atom. The summed E-state index contributed by atoms with van der Waals surface area (Å²) in [5.41, 5.74) is 0. The Morgan fingerprint density at radius 2 is 1.24 bits per heavy atom. The van der Waals surface area contributed by atoms with E-state index in [4.69, 9.17) is 4.74 Å². The first-order valence-electron chi connectivity index (χ1n) is 10.8. The molecular weight excluding hydrogens is 312 g/mol. The Labute approximate surface area is 156 Å². The number of carbonyl (C=O) groups is 2. The first-order chi connectivity index (χ1) is 12.1. The maximum Gasteiger partial charge on any atom is 0.309 e. The number of rotatable bonds is 17. The predicted octanol–water partition coefficient (Wildman–Crippen LogP) is 6.48. The van der Waals surface area contributed by atoms with Crippen molar-refractivity contribution in [2.24, 2.45) is 11.8 Å². The van der Waals surface area contributed by atoms with Crippen molar-refractivity contribution in [2.45, 2.75) is 111 Å². The van der Waals surface area contributed by atoms with Crippen molar-refractivity contribution in [1.82, 2.24) is 0 Å². The predicted molar refractivity (Wildman–Crippen MR) is 106 cm³/mol. The molecule has 0 aromatic heterocycles. The number of carbonyl (C=O) groups excluding carboxylic acids is 2. The molecule has 0 fully saturated rings. The SMILES string of the molecule is CCCCCCCCOC(=O)C(CCC)C(CCC)C(=O)CCCC. The van der Waals surface area contributed by atoms with Gasteiger partial charge in [-0.3, -0.25) is 9.59 Å². The molecule has 0 rings (SSSR count). The fourth-order valence-corrected chi connectivity index (χ4v) is 3.39. The van der Waals surface area contributed by atoms with E-state index in [-0.39, 0.29) is 23.6 Å². The third-order valence-corrected chi connectivity index (χ3v) is 4.92. The topological polar surface area (TPSA) is 43.4 Å². The van der Waals surface area contributed by atoms with E-state index >= 15 is 0 Å². The van der Waals surface area contributed by atoms with Crippen LogP contribution in [0.2, 0.25) is 0 Å². The van der Waals surface area contributed by atoms with E-state index in [1.165, 1.54) is 25.7 Å². The van der Waals surface area contributed by atoms with Crippen molar-refractivity contribution in [3.63, 3.8) is 0 Å². The number of esters is 1. The van der Waals surface area contributed by atoms with Crippen LogP contribution in [0.3, 0.4) is 0 Å². The molecule has 0 aliphatic carbocycles. The second-order valence-electron chi connectivity index (χ2n) is 7.30. The first-order valence-corrected chi connectivity index (χ1v) is 10.8. The lowest BCUT2D eigenvalue weighted by atomic mass is 9.81. The van der Waals surface area contributed by atoms with Gasteiger partial charge in [-0.05, 0) is 25.7 Å². The summed E-state index contributed by atoms with van der Waals surface area (Å²) in [7, 11) is 0. The molecular formula is C22H42O3. The largest absolute Gasteiger partial charge is 0.465 e. The van der Waals surface area contributed by atoms with Crippen LogP contribution in [0.1, 0.15) is 111 Å². The Balaban J connectivity index is 4.48. The number of ketones is 1. The number of Topliss-reactive ketones (excluding diaryl/α,β-unsaturated/α-hetero) is 1. The van der Waals surface area contributed by atoms with Gasteiger partial charge in [-0.1, -0.05) is 79.1 Å².